The molecule has 0 saturated heterocycles. The fraction of sp³-hybridized carbons (Fsp3) is 0. The molecule has 0 radical (unpaired) electrons. The first-order valence-corrected chi connectivity index (χ1v) is 12.0. The topological polar surface area (TPSA) is 9.23 Å². The van der Waals surface area contributed by atoms with E-state index >= 15 is 0 Å². The van der Waals surface area contributed by atoms with E-state index in [-0.39, 0.29) is 0 Å². The van der Waals surface area contributed by atoms with Gasteiger partial charge in [0.15, 0.2) is 0 Å². The summed E-state index contributed by atoms with van der Waals surface area (Å²) in [6.07, 6.45) is 0. The molecule has 0 aromatic heterocycles. The Kier molecular flexibility index (Phi) is 3.72. The van der Waals surface area contributed by atoms with Crippen molar-refractivity contribution in [2.45, 2.75) is 0 Å². The Morgan fingerprint density at radius 2 is 1.11 bits per heavy atom. The third kappa shape index (κ3) is 2.70. The second-order valence-corrected chi connectivity index (χ2v) is 9.36. The third-order valence-corrected chi connectivity index (χ3v) is 7.39. The summed E-state index contributed by atoms with van der Waals surface area (Å²) in [6, 6.07) is 43.8. The standard InChI is InChI=1S/C34H20O/c1-2-8-23-18-30-25(17-22(23)7-1)20-29(26-11-3-4-12-27(26)30)24-15-16-32-31(19-24)28-13-5-9-21-10-6-14-33(35-32)34(21)28/h1-20H. The summed E-state index contributed by atoms with van der Waals surface area (Å²) in [7, 11) is 0. The lowest BCUT2D eigenvalue weighted by Crippen LogP contribution is -1.97. The lowest BCUT2D eigenvalue weighted by molar-refractivity contribution is 0.487. The van der Waals surface area contributed by atoms with E-state index in [0.717, 1.165) is 17.1 Å². The van der Waals surface area contributed by atoms with Gasteiger partial charge in [0, 0.05) is 10.9 Å². The van der Waals surface area contributed by atoms with E-state index in [1.165, 1.54) is 59.8 Å². The summed E-state index contributed by atoms with van der Waals surface area (Å²) in [4.78, 5) is 0. The van der Waals surface area contributed by atoms with Gasteiger partial charge in [0.1, 0.15) is 11.5 Å². The van der Waals surface area contributed by atoms with Gasteiger partial charge in [0.25, 0.3) is 0 Å². The smallest absolute Gasteiger partial charge is 0.135 e. The molecule has 1 aliphatic heterocycles. The lowest BCUT2D eigenvalue weighted by atomic mass is 9.89. The van der Waals surface area contributed by atoms with Crippen molar-refractivity contribution < 1.29 is 4.74 Å². The summed E-state index contributed by atoms with van der Waals surface area (Å²) in [5.41, 5.74) is 4.83. The number of rotatable bonds is 1. The number of hydrogen-bond acceptors (Lipinski definition) is 1. The second kappa shape index (κ2) is 6.94. The molecule has 0 atom stereocenters. The highest BCUT2D eigenvalue weighted by molar-refractivity contribution is 6.17. The Labute approximate surface area is 202 Å². The molecule has 0 aliphatic carbocycles. The van der Waals surface area contributed by atoms with Crippen LogP contribution in [0.5, 0.6) is 11.5 Å². The molecule has 7 aromatic rings. The molecule has 0 fully saturated rings. The highest BCUT2D eigenvalue weighted by Crippen LogP contribution is 2.48. The second-order valence-electron chi connectivity index (χ2n) is 9.36. The maximum Gasteiger partial charge on any atom is 0.135 e. The molecule has 35 heavy (non-hydrogen) atoms. The molecular weight excluding hydrogens is 424 g/mol. The fourth-order valence-corrected chi connectivity index (χ4v) is 5.77. The fourth-order valence-electron chi connectivity index (χ4n) is 5.77. The summed E-state index contributed by atoms with van der Waals surface area (Å²) >= 11 is 0. The minimum Gasteiger partial charge on any atom is -0.456 e. The number of hydrogen-bond donors (Lipinski definition) is 0. The quantitative estimate of drug-likeness (QED) is 0.181. The van der Waals surface area contributed by atoms with Crippen molar-refractivity contribution in [3.05, 3.63) is 121 Å². The highest BCUT2D eigenvalue weighted by atomic mass is 16.5. The largest absolute Gasteiger partial charge is 0.456 e. The summed E-state index contributed by atoms with van der Waals surface area (Å²) in [6.45, 7) is 0. The molecule has 0 N–H and O–H groups in total. The minimum absolute atomic E-state index is 0.913. The summed E-state index contributed by atoms with van der Waals surface area (Å²) in [5.74, 6) is 1.84. The maximum atomic E-state index is 6.35. The van der Waals surface area contributed by atoms with Crippen molar-refractivity contribution in [1.29, 1.82) is 0 Å². The zero-order chi connectivity index (χ0) is 22.9. The van der Waals surface area contributed by atoms with Gasteiger partial charge in [-0.25, -0.2) is 0 Å². The predicted molar refractivity (Wildman–Crippen MR) is 147 cm³/mol. The van der Waals surface area contributed by atoms with Crippen molar-refractivity contribution in [1.82, 2.24) is 0 Å². The first-order chi connectivity index (χ1) is 17.3. The Morgan fingerprint density at radius 1 is 0.371 bits per heavy atom. The molecule has 0 unspecified atom stereocenters. The van der Waals surface area contributed by atoms with Crippen molar-refractivity contribution in [2.24, 2.45) is 0 Å². The number of fused-ring (bicyclic) bond motifs is 6. The highest BCUT2D eigenvalue weighted by Gasteiger charge is 2.21. The van der Waals surface area contributed by atoms with Crippen molar-refractivity contribution >= 4 is 43.1 Å². The molecule has 1 heterocycles. The van der Waals surface area contributed by atoms with Gasteiger partial charge in [-0.1, -0.05) is 84.9 Å². The Morgan fingerprint density at radius 3 is 2.00 bits per heavy atom. The molecule has 1 nitrogen and oxygen atoms in total. The summed E-state index contributed by atoms with van der Waals surface area (Å²) in [5, 5.41) is 10.0. The van der Waals surface area contributed by atoms with Gasteiger partial charge in [0.2, 0.25) is 0 Å². The van der Waals surface area contributed by atoms with Gasteiger partial charge in [0.05, 0.1) is 0 Å². The Bertz CT molecular complexity index is 1970. The van der Waals surface area contributed by atoms with Crippen LogP contribution in [-0.4, -0.2) is 0 Å². The predicted octanol–water partition coefficient (Wildman–Crippen LogP) is 9.74. The van der Waals surface area contributed by atoms with E-state index in [4.69, 9.17) is 4.74 Å². The van der Waals surface area contributed by atoms with Gasteiger partial charge < -0.3 is 4.74 Å². The third-order valence-electron chi connectivity index (χ3n) is 7.39. The summed E-state index contributed by atoms with van der Waals surface area (Å²) < 4.78 is 6.35. The van der Waals surface area contributed by atoms with Crippen LogP contribution in [0.25, 0.3) is 65.3 Å². The van der Waals surface area contributed by atoms with E-state index in [9.17, 15) is 0 Å². The van der Waals surface area contributed by atoms with Crippen molar-refractivity contribution in [2.75, 3.05) is 0 Å². The van der Waals surface area contributed by atoms with E-state index in [0.29, 0.717) is 0 Å². The Hall–Kier alpha value is -4.62. The van der Waals surface area contributed by atoms with E-state index < -0.39 is 0 Å². The van der Waals surface area contributed by atoms with Crippen molar-refractivity contribution in [3.63, 3.8) is 0 Å². The number of ether oxygens (including phenoxy) is 1. The molecule has 0 spiro atoms. The lowest BCUT2D eigenvalue weighted by Gasteiger charge is -2.22. The first-order valence-electron chi connectivity index (χ1n) is 12.0. The molecule has 7 aromatic carbocycles. The van der Waals surface area contributed by atoms with Crippen LogP contribution in [0.4, 0.5) is 0 Å². The van der Waals surface area contributed by atoms with Gasteiger partial charge in [-0.2, -0.15) is 0 Å². The van der Waals surface area contributed by atoms with Crippen LogP contribution >= 0.6 is 0 Å². The molecule has 162 valence electrons. The van der Waals surface area contributed by atoms with Gasteiger partial charge in [-0.3, -0.25) is 0 Å². The SMILES string of the molecule is c1ccc2cc3c(cc(-c4ccc5c(c4)-c4cccc6cccc(c46)O5)c4ccccc43)cc2c1. The zero-order valence-corrected chi connectivity index (χ0v) is 19.0. The van der Waals surface area contributed by atoms with Crippen LogP contribution in [0, 0.1) is 0 Å². The van der Waals surface area contributed by atoms with Crippen LogP contribution in [-0.2, 0) is 0 Å². The molecule has 0 amide bonds. The van der Waals surface area contributed by atoms with Crippen LogP contribution in [0.1, 0.15) is 0 Å². The minimum atomic E-state index is 0.913. The molecule has 1 aliphatic rings. The normalized spacial score (nSPS) is 12.2. The van der Waals surface area contributed by atoms with E-state index in [1.807, 2.05) is 0 Å². The van der Waals surface area contributed by atoms with Gasteiger partial charge >= 0.3 is 0 Å². The number of benzene rings is 7. The Balaban J connectivity index is 1.42. The molecule has 8 rings (SSSR count). The van der Waals surface area contributed by atoms with Crippen LogP contribution in [0.2, 0.25) is 0 Å². The monoisotopic (exact) mass is 444 g/mol. The van der Waals surface area contributed by atoms with Crippen LogP contribution in [0.15, 0.2) is 121 Å². The van der Waals surface area contributed by atoms with Gasteiger partial charge in [-0.15, -0.1) is 0 Å². The van der Waals surface area contributed by atoms with Crippen LogP contribution < -0.4 is 4.74 Å². The molecule has 1 heteroatoms. The maximum absolute atomic E-state index is 6.35. The van der Waals surface area contributed by atoms with E-state index in [2.05, 4.69) is 121 Å². The van der Waals surface area contributed by atoms with Gasteiger partial charge in [-0.05, 0) is 90.8 Å². The van der Waals surface area contributed by atoms with E-state index in [1.54, 1.807) is 0 Å². The first kappa shape index (κ1) is 18.8. The molecule has 0 saturated carbocycles. The van der Waals surface area contributed by atoms with Crippen molar-refractivity contribution in [3.8, 4) is 33.8 Å². The molecule has 0 bridgehead atoms. The average molecular weight is 445 g/mol. The average Bonchev–Trinajstić information content (AvgIpc) is 2.92. The zero-order valence-electron chi connectivity index (χ0n) is 19.0. The molecular formula is C34H20O. The van der Waals surface area contributed by atoms with Crippen LogP contribution in [0.3, 0.4) is 0 Å².